The number of nitrogens with zero attached hydrogens (tertiary/aromatic N) is 2. The fourth-order valence-corrected chi connectivity index (χ4v) is 3.65. The number of anilines is 1. The standard InChI is InChI=1S/C17H20N4O2S/c1-11-10-24-16(19-11)12-4-2-6-14(8-12)20-15(22)13-5-3-7-21(9-13)17(18)23/h2,4,6,8,10,13H,3,5,7,9H2,1H3,(H2,18,23)(H,20,22). The number of nitrogens with one attached hydrogen (secondary N) is 1. The fraction of sp³-hybridized carbons (Fsp3) is 0.353. The van der Waals surface area contributed by atoms with Crippen molar-refractivity contribution in [3.63, 3.8) is 0 Å². The van der Waals surface area contributed by atoms with E-state index >= 15 is 0 Å². The Labute approximate surface area is 144 Å². The van der Waals surface area contributed by atoms with Crippen LogP contribution in [0.4, 0.5) is 10.5 Å². The molecule has 2 heterocycles. The lowest BCUT2D eigenvalue weighted by Gasteiger charge is -2.30. The predicted octanol–water partition coefficient (Wildman–Crippen LogP) is 2.85. The number of nitrogens with two attached hydrogens (primary N) is 1. The van der Waals surface area contributed by atoms with Crippen LogP contribution in [-0.2, 0) is 4.79 Å². The highest BCUT2D eigenvalue weighted by Crippen LogP contribution is 2.26. The van der Waals surface area contributed by atoms with Gasteiger partial charge in [-0.05, 0) is 31.9 Å². The molecule has 1 atom stereocenters. The molecule has 1 aliphatic rings. The van der Waals surface area contributed by atoms with Gasteiger partial charge in [0.2, 0.25) is 5.91 Å². The predicted molar refractivity (Wildman–Crippen MR) is 94.8 cm³/mol. The summed E-state index contributed by atoms with van der Waals surface area (Å²) in [6.45, 7) is 2.96. The number of rotatable bonds is 3. The van der Waals surface area contributed by atoms with E-state index in [1.165, 1.54) is 4.90 Å². The third-order valence-corrected chi connectivity index (χ3v) is 5.11. The highest BCUT2D eigenvalue weighted by molar-refractivity contribution is 7.13. The van der Waals surface area contributed by atoms with Crippen LogP contribution in [0.2, 0.25) is 0 Å². The number of carbonyl (C=O) groups is 2. The van der Waals surface area contributed by atoms with Gasteiger partial charge in [-0.2, -0.15) is 0 Å². The number of benzene rings is 1. The first-order valence-electron chi connectivity index (χ1n) is 7.91. The maximum Gasteiger partial charge on any atom is 0.314 e. The van der Waals surface area contributed by atoms with Gasteiger partial charge in [0.15, 0.2) is 0 Å². The Bertz CT molecular complexity index is 759. The van der Waals surface area contributed by atoms with Crippen LogP contribution in [-0.4, -0.2) is 34.9 Å². The Morgan fingerprint density at radius 2 is 2.25 bits per heavy atom. The van der Waals surface area contributed by atoms with E-state index in [1.807, 2.05) is 36.6 Å². The second-order valence-corrected chi connectivity index (χ2v) is 6.85. The summed E-state index contributed by atoms with van der Waals surface area (Å²) >= 11 is 1.58. The molecule has 0 radical (unpaired) electrons. The third kappa shape index (κ3) is 3.73. The van der Waals surface area contributed by atoms with E-state index in [0.29, 0.717) is 13.1 Å². The number of hydrogen-bond acceptors (Lipinski definition) is 4. The van der Waals surface area contributed by atoms with Crippen LogP contribution in [0.1, 0.15) is 18.5 Å². The van der Waals surface area contributed by atoms with Crippen LogP contribution >= 0.6 is 11.3 Å². The number of piperidine rings is 1. The molecule has 0 aliphatic carbocycles. The van der Waals surface area contributed by atoms with Gasteiger partial charge in [-0.25, -0.2) is 9.78 Å². The Kier molecular flexibility index (Phi) is 4.80. The molecule has 6 nitrogen and oxygen atoms in total. The first-order chi connectivity index (χ1) is 11.5. The molecule has 7 heteroatoms. The number of thiazole rings is 1. The topological polar surface area (TPSA) is 88.3 Å². The van der Waals surface area contributed by atoms with E-state index in [2.05, 4.69) is 10.3 Å². The van der Waals surface area contributed by atoms with Crippen LogP contribution in [0.15, 0.2) is 29.6 Å². The molecule has 1 saturated heterocycles. The lowest BCUT2D eigenvalue weighted by molar-refractivity contribution is -0.121. The van der Waals surface area contributed by atoms with Crippen molar-refractivity contribution in [2.75, 3.05) is 18.4 Å². The van der Waals surface area contributed by atoms with Gasteiger partial charge in [0.05, 0.1) is 5.92 Å². The minimum absolute atomic E-state index is 0.0755. The van der Waals surface area contributed by atoms with Crippen molar-refractivity contribution >= 4 is 29.0 Å². The second kappa shape index (κ2) is 7.00. The molecule has 24 heavy (non-hydrogen) atoms. The van der Waals surface area contributed by atoms with E-state index in [-0.39, 0.29) is 11.8 Å². The highest BCUT2D eigenvalue weighted by Gasteiger charge is 2.27. The first-order valence-corrected chi connectivity index (χ1v) is 8.78. The Morgan fingerprint density at radius 1 is 1.42 bits per heavy atom. The van der Waals surface area contributed by atoms with Crippen molar-refractivity contribution in [3.05, 3.63) is 35.3 Å². The van der Waals surface area contributed by atoms with Crippen LogP contribution in [0.3, 0.4) is 0 Å². The molecule has 0 saturated carbocycles. The van der Waals surface area contributed by atoms with Crippen molar-refractivity contribution < 1.29 is 9.59 Å². The smallest absolute Gasteiger partial charge is 0.314 e. The summed E-state index contributed by atoms with van der Waals surface area (Å²) in [4.78, 5) is 29.8. The van der Waals surface area contributed by atoms with Crippen molar-refractivity contribution in [3.8, 4) is 10.6 Å². The second-order valence-electron chi connectivity index (χ2n) is 5.99. The number of aromatic nitrogens is 1. The summed E-state index contributed by atoms with van der Waals surface area (Å²) in [5.74, 6) is -0.301. The van der Waals surface area contributed by atoms with Crippen LogP contribution in [0.5, 0.6) is 0 Å². The molecule has 1 unspecified atom stereocenters. The van der Waals surface area contributed by atoms with Gasteiger partial charge < -0.3 is 16.0 Å². The minimum Gasteiger partial charge on any atom is -0.351 e. The van der Waals surface area contributed by atoms with Crippen LogP contribution in [0, 0.1) is 12.8 Å². The van der Waals surface area contributed by atoms with Gasteiger partial charge in [0.25, 0.3) is 0 Å². The van der Waals surface area contributed by atoms with Gasteiger partial charge in [0.1, 0.15) is 5.01 Å². The van der Waals surface area contributed by atoms with E-state index in [4.69, 9.17) is 5.73 Å². The fourth-order valence-electron chi connectivity index (χ4n) is 2.85. The average molecular weight is 344 g/mol. The van der Waals surface area contributed by atoms with E-state index < -0.39 is 6.03 Å². The monoisotopic (exact) mass is 344 g/mol. The van der Waals surface area contributed by atoms with Crippen molar-refractivity contribution in [2.24, 2.45) is 11.7 Å². The SMILES string of the molecule is Cc1csc(-c2cccc(NC(=O)C3CCCN(C(N)=O)C3)c2)n1. The van der Waals surface area contributed by atoms with Crippen molar-refractivity contribution in [1.29, 1.82) is 0 Å². The molecule has 3 N–H and O–H groups in total. The van der Waals surface area contributed by atoms with Crippen molar-refractivity contribution in [1.82, 2.24) is 9.88 Å². The molecular weight excluding hydrogens is 324 g/mol. The number of carbonyl (C=O) groups excluding carboxylic acids is 2. The molecular formula is C17H20N4O2S. The number of amides is 3. The highest BCUT2D eigenvalue weighted by atomic mass is 32.1. The van der Waals surface area contributed by atoms with Gasteiger partial charge in [-0.1, -0.05) is 12.1 Å². The molecule has 3 rings (SSSR count). The summed E-state index contributed by atoms with van der Waals surface area (Å²) in [6.07, 6.45) is 1.56. The Balaban J connectivity index is 1.69. The van der Waals surface area contributed by atoms with Gasteiger partial charge in [-0.3, -0.25) is 4.79 Å². The van der Waals surface area contributed by atoms with Crippen LogP contribution in [0.25, 0.3) is 10.6 Å². The quantitative estimate of drug-likeness (QED) is 0.897. The number of primary amides is 1. The van der Waals surface area contributed by atoms with Crippen molar-refractivity contribution in [2.45, 2.75) is 19.8 Å². The zero-order chi connectivity index (χ0) is 17.1. The largest absolute Gasteiger partial charge is 0.351 e. The Morgan fingerprint density at radius 3 is 2.96 bits per heavy atom. The van der Waals surface area contributed by atoms with Gasteiger partial charge in [0, 0.05) is 35.4 Å². The summed E-state index contributed by atoms with van der Waals surface area (Å²) in [6, 6.07) is 7.19. The van der Waals surface area contributed by atoms with Gasteiger partial charge >= 0.3 is 6.03 Å². The number of urea groups is 1. The summed E-state index contributed by atoms with van der Waals surface area (Å²) in [5.41, 5.74) is 8.02. The zero-order valence-corrected chi connectivity index (χ0v) is 14.3. The van der Waals surface area contributed by atoms with Crippen LogP contribution < -0.4 is 11.1 Å². The normalized spacial score (nSPS) is 17.5. The number of likely N-dealkylation sites (tertiary alicyclic amines) is 1. The number of hydrogen-bond donors (Lipinski definition) is 2. The molecule has 1 aromatic heterocycles. The lowest BCUT2D eigenvalue weighted by Crippen LogP contribution is -2.46. The third-order valence-electron chi connectivity index (χ3n) is 4.10. The van der Waals surface area contributed by atoms with E-state index in [0.717, 1.165) is 34.8 Å². The molecule has 2 aromatic rings. The molecule has 0 spiro atoms. The Hall–Kier alpha value is -2.41. The molecule has 1 aromatic carbocycles. The maximum atomic E-state index is 12.5. The molecule has 3 amide bonds. The summed E-state index contributed by atoms with van der Waals surface area (Å²) in [7, 11) is 0. The number of aryl methyl sites for hydroxylation is 1. The molecule has 126 valence electrons. The van der Waals surface area contributed by atoms with Gasteiger partial charge in [-0.15, -0.1) is 11.3 Å². The summed E-state index contributed by atoms with van der Waals surface area (Å²) < 4.78 is 0. The van der Waals surface area contributed by atoms with E-state index in [9.17, 15) is 9.59 Å². The lowest BCUT2D eigenvalue weighted by atomic mass is 9.97. The molecule has 1 aliphatic heterocycles. The maximum absolute atomic E-state index is 12.5. The zero-order valence-electron chi connectivity index (χ0n) is 13.5. The van der Waals surface area contributed by atoms with E-state index in [1.54, 1.807) is 11.3 Å². The minimum atomic E-state index is -0.464. The first kappa shape index (κ1) is 16.4. The molecule has 0 bridgehead atoms. The molecule has 1 fully saturated rings. The summed E-state index contributed by atoms with van der Waals surface area (Å²) in [5, 5.41) is 5.88. The average Bonchev–Trinajstić information content (AvgIpc) is 3.02.